The fraction of sp³-hybridized carbons (Fsp3) is 0.571. The molecule has 0 aromatic heterocycles. The van der Waals surface area contributed by atoms with Gasteiger partial charge in [-0.3, -0.25) is 4.90 Å². The van der Waals surface area contributed by atoms with Gasteiger partial charge in [-0.1, -0.05) is 25.1 Å². The summed E-state index contributed by atoms with van der Waals surface area (Å²) in [4.78, 5) is 2.23. The molecule has 0 aliphatic carbocycles. The smallest absolute Gasteiger partial charge is 0.139 e. The van der Waals surface area contributed by atoms with E-state index in [1.807, 2.05) is 12.1 Å². The van der Waals surface area contributed by atoms with Crippen LogP contribution in [0, 0.1) is 11.7 Å². The number of benzene rings is 1. The van der Waals surface area contributed by atoms with Crippen LogP contribution in [0.2, 0.25) is 0 Å². The van der Waals surface area contributed by atoms with Crippen molar-refractivity contribution < 1.29 is 9.13 Å². The van der Waals surface area contributed by atoms with E-state index in [4.69, 9.17) is 4.74 Å². The van der Waals surface area contributed by atoms with Gasteiger partial charge in [0.2, 0.25) is 0 Å². The standard InChI is InChI=1S/C14H20FNO/c1-11-6-5-9-16(10-11)14(17-2)12-7-3-4-8-13(12)15/h3-4,7-8,11,14H,5-6,9-10H2,1-2H3/t11-,14?/m1/s1. The number of piperidine rings is 1. The van der Waals surface area contributed by atoms with Crippen molar-refractivity contribution in [1.82, 2.24) is 4.90 Å². The van der Waals surface area contributed by atoms with Gasteiger partial charge in [0.05, 0.1) is 0 Å². The molecule has 1 aliphatic rings. The first kappa shape index (κ1) is 12.5. The van der Waals surface area contributed by atoms with Crippen LogP contribution in [0.4, 0.5) is 4.39 Å². The molecule has 0 amide bonds. The average molecular weight is 237 g/mol. The van der Waals surface area contributed by atoms with Crippen LogP contribution < -0.4 is 0 Å². The maximum atomic E-state index is 13.8. The number of hydrogen-bond acceptors (Lipinski definition) is 2. The second-order valence-electron chi connectivity index (χ2n) is 4.85. The van der Waals surface area contributed by atoms with Crippen molar-refractivity contribution in [3.8, 4) is 0 Å². The fourth-order valence-corrected chi connectivity index (χ4v) is 2.59. The van der Waals surface area contributed by atoms with Crippen LogP contribution in [0.3, 0.4) is 0 Å². The van der Waals surface area contributed by atoms with Crippen LogP contribution >= 0.6 is 0 Å². The summed E-state index contributed by atoms with van der Waals surface area (Å²) in [6, 6.07) is 6.87. The van der Waals surface area contributed by atoms with Gasteiger partial charge >= 0.3 is 0 Å². The van der Waals surface area contributed by atoms with Crippen LogP contribution in [0.25, 0.3) is 0 Å². The summed E-state index contributed by atoms with van der Waals surface area (Å²) in [6.07, 6.45) is 2.17. The third kappa shape index (κ3) is 2.85. The maximum absolute atomic E-state index is 13.8. The molecule has 1 aromatic carbocycles. The highest BCUT2D eigenvalue weighted by molar-refractivity contribution is 5.19. The zero-order valence-corrected chi connectivity index (χ0v) is 10.5. The van der Waals surface area contributed by atoms with E-state index in [1.165, 1.54) is 12.5 Å². The third-order valence-corrected chi connectivity index (χ3v) is 3.41. The highest BCUT2D eigenvalue weighted by Gasteiger charge is 2.26. The molecule has 0 bridgehead atoms. The van der Waals surface area contributed by atoms with Crippen LogP contribution in [0.5, 0.6) is 0 Å². The van der Waals surface area contributed by atoms with Crippen LogP contribution in [0.1, 0.15) is 31.6 Å². The molecule has 1 heterocycles. The Kier molecular flexibility index (Phi) is 4.13. The molecule has 1 aliphatic heterocycles. The van der Waals surface area contributed by atoms with Gasteiger partial charge in [0.15, 0.2) is 0 Å². The van der Waals surface area contributed by atoms with Crippen molar-refractivity contribution in [2.45, 2.75) is 26.0 Å². The Bertz CT molecular complexity index is 369. The van der Waals surface area contributed by atoms with Crippen molar-refractivity contribution in [3.05, 3.63) is 35.6 Å². The Labute approximate surface area is 102 Å². The van der Waals surface area contributed by atoms with Crippen molar-refractivity contribution in [3.63, 3.8) is 0 Å². The number of ether oxygens (including phenoxy) is 1. The molecule has 1 fully saturated rings. The average Bonchev–Trinajstić information content (AvgIpc) is 2.33. The highest BCUT2D eigenvalue weighted by Crippen LogP contribution is 2.28. The topological polar surface area (TPSA) is 12.5 Å². The summed E-state index contributed by atoms with van der Waals surface area (Å²) in [6.45, 7) is 4.20. The van der Waals surface area contributed by atoms with Crippen molar-refractivity contribution in [2.24, 2.45) is 5.92 Å². The van der Waals surface area contributed by atoms with E-state index < -0.39 is 0 Å². The summed E-state index contributed by atoms with van der Waals surface area (Å²) < 4.78 is 19.3. The summed E-state index contributed by atoms with van der Waals surface area (Å²) in [7, 11) is 1.65. The predicted molar refractivity (Wildman–Crippen MR) is 66.1 cm³/mol. The number of nitrogens with zero attached hydrogens (tertiary/aromatic N) is 1. The molecule has 0 saturated carbocycles. The summed E-state index contributed by atoms with van der Waals surface area (Å²) in [5.74, 6) is 0.478. The molecular formula is C14H20FNO. The molecule has 2 atom stereocenters. The normalized spacial score (nSPS) is 23.6. The lowest BCUT2D eigenvalue weighted by molar-refractivity contribution is -0.0547. The first-order valence-corrected chi connectivity index (χ1v) is 6.23. The van der Waals surface area contributed by atoms with E-state index in [0.717, 1.165) is 19.5 Å². The van der Waals surface area contributed by atoms with Gasteiger partial charge in [-0.2, -0.15) is 0 Å². The van der Waals surface area contributed by atoms with Crippen LogP contribution in [-0.4, -0.2) is 25.1 Å². The number of hydrogen-bond donors (Lipinski definition) is 0. The van der Waals surface area contributed by atoms with E-state index in [-0.39, 0.29) is 12.0 Å². The number of halogens is 1. The second-order valence-corrected chi connectivity index (χ2v) is 4.85. The second kappa shape index (κ2) is 5.61. The fourth-order valence-electron chi connectivity index (χ4n) is 2.59. The van der Waals surface area contributed by atoms with Gasteiger partial charge in [0.25, 0.3) is 0 Å². The highest BCUT2D eigenvalue weighted by atomic mass is 19.1. The largest absolute Gasteiger partial charge is 0.362 e. The molecule has 1 aromatic rings. The summed E-state index contributed by atoms with van der Waals surface area (Å²) >= 11 is 0. The van der Waals surface area contributed by atoms with E-state index in [2.05, 4.69) is 11.8 Å². The van der Waals surface area contributed by atoms with Crippen molar-refractivity contribution in [1.29, 1.82) is 0 Å². The monoisotopic (exact) mass is 237 g/mol. The molecule has 0 spiro atoms. The maximum Gasteiger partial charge on any atom is 0.139 e. The molecular weight excluding hydrogens is 217 g/mol. The molecule has 17 heavy (non-hydrogen) atoms. The zero-order chi connectivity index (χ0) is 12.3. The first-order valence-electron chi connectivity index (χ1n) is 6.23. The Morgan fingerprint density at radius 2 is 2.18 bits per heavy atom. The SMILES string of the molecule is COC(c1ccccc1F)N1CCC[C@@H](C)C1. The first-order chi connectivity index (χ1) is 8.22. The van der Waals surface area contributed by atoms with E-state index in [1.54, 1.807) is 13.2 Å². The quantitative estimate of drug-likeness (QED) is 0.800. The minimum atomic E-state index is -0.251. The molecule has 1 saturated heterocycles. The predicted octanol–water partition coefficient (Wildman–Crippen LogP) is 3.20. The summed E-state index contributed by atoms with van der Waals surface area (Å²) in [5.41, 5.74) is 0.643. The van der Waals surface area contributed by atoms with E-state index in [0.29, 0.717) is 11.5 Å². The Balaban J connectivity index is 2.18. The van der Waals surface area contributed by atoms with Gasteiger partial charge < -0.3 is 4.74 Å². The van der Waals surface area contributed by atoms with Gasteiger partial charge in [-0.25, -0.2) is 4.39 Å². The van der Waals surface area contributed by atoms with E-state index in [9.17, 15) is 4.39 Å². The molecule has 1 unspecified atom stereocenters. The lowest BCUT2D eigenvalue weighted by atomic mass is 9.99. The zero-order valence-electron chi connectivity index (χ0n) is 10.5. The molecule has 3 heteroatoms. The van der Waals surface area contributed by atoms with Gasteiger partial charge in [0, 0.05) is 25.8 Å². The number of rotatable bonds is 3. The van der Waals surface area contributed by atoms with E-state index >= 15 is 0 Å². The molecule has 2 rings (SSSR count). The molecule has 0 N–H and O–H groups in total. The lowest BCUT2D eigenvalue weighted by Gasteiger charge is -2.36. The lowest BCUT2D eigenvalue weighted by Crippen LogP contribution is -2.38. The minimum absolute atomic E-state index is 0.183. The molecule has 0 radical (unpaired) electrons. The summed E-state index contributed by atoms with van der Waals surface area (Å²) in [5, 5.41) is 0. The van der Waals surface area contributed by atoms with Gasteiger partial charge in [-0.15, -0.1) is 0 Å². The number of likely N-dealkylation sites (tertiary alicyclic amines) is 1. The Hall–Kier alpha value is -0.930. The van der Waals surface area contributed by atoms with Gasteiger partial charge in [0.1, 0.15) is 12.0 Å². The van der Waals surface area contributed by atoms with Crippen LogP contribution in [-0.2, 0) is 4.74 Å². The van der Waals surface area contributed by atoms with Crippen molar-refractivity contribution in [2.75, 3.05) is 20.2 Å². The third-order valence-electron chi connectivity index (χ3n) is 3.41. The van der Waals surface area contributed by atoms with Crippen LogP contribution in [0.15, 0.2) is 24.3 Å². The Morgan fingerprint density at radius 3 is 2.82 bits per heavy atom. The van der Waals surface area contributed by atoms with Crippen molar-refractivity contribution >= 4 is 0 Å². The Morgan fingerprint density at radius 1 is 1.41 bits per heavy atom. The molecule has 2 nitrogen and oxygen atoms in total. The molecule has 94 valence electrons. The van der Waals surface area contributed by atoms with Gasteiger partial charge in [-0.05, 0) is 24.8 Å². The number of methoxy groups -OCH3 is 1. The minimum Gasteiger partial charge on any atom is -0.362 e.